The maximum Gasteiger partial charge on any atom is 0.311 e. The van der Waals surface area contributed by atoms with Gasteiger partial charge in [-0.05, 0) is 23.0 Å². The predicted molar refractivity (Wildman–Crippen MR) is 175 cm³/mol. The van der Waals surface area contributed by atoms with E-state index in [-0.39, 0.29) is 55.0 Å². The van der Waals surface area contributed by atoms with Crippen LogP contribution in [0.4, 0.5) is 11.4 Å². The third-order valence-corrected chi connectivity index (χ3v) is 7.33. The van der Waals surface area contributed by atoms with Gasteiger partial charge in [-0.2, -0.15) is 0 Å². The minimum Gasteiger partial charge on any atom is -0.483 e. The maximum absolute atomic E-state index is 13.7. The SMILES string of the molecule is COCCOCCOCCOCCOCCC(=O)OCCOc1cc2c(cc1[N+](=O)[O-])C(=O)N(c1c(C(C)C)cccc1C(C)C)C2=O. The molecule has 0 spiro atoms. The molecular formula is C34H46N2O12. The van der Waals surface area contributed by atoms with E-state index < -0.39 is 28.4 Å². The fourth-order valence-electron chi connectivity index (χ4n) is 4.93. The zero-order valence-electron chi connectivity index (χ0n) is 28.3. The Hall–Kier alpha value is -3.95. The summed E-state index contributed by atoms with van der Waals surface area (Å²) in [6.45, 7) is 11.1. The van der Waals surface area contributed by atoms with E-state index >= 15 is 0 Å². The smallest absolute Gasteiger partial charge is 0.311 e. The molecule has 0 atom stereocenters. The number of carbonyl (C=O) groups is 3. The van der Waals surface area contributed by atoms with Crippen LogP contribution in [0.3, 0.4) is 0 Å². The first-order valence-electron chi connectivity index (χ1n) is 16.0. The summed E-state index contributed by atoms with van der Waals surface area (Å²) in [6, 6.07) is 7.92. The summed E-state index contributed by atoms with van der Waals surface area (Å²) in [5, 5.41) is 11.9. The average molecular weight is 675 g/mol. The summed E-state index contributed by atoms with van der Waals surface area (Å²) in [5.74, 6) is -1.94. The van der Waals surface area contributed by atoms with Gasteiger partial charge in [-0.15, -0.1) is 0 Å². The quantitative estimate of drug-likeness (QED) is 0.0527. The molecular weight excluding hydrogens is 628 g/mol. The number of methoxy groups -OCH3 is 1. The lowest BCUT2D eigenvalue weighted by Crippen LogP contribution is -2.31. The van der Waals surface area contributed by atoms with E-state index in [0.717, 1.165) is 22.1 Å². The topological polar surface area (TPSA) is 162 Å². The van der Waals surface area contributed by atoms with Crippen molar-refractivity contribution in [2.75, 3.05) is 84.7 Å². The Morgan fingerprint density at radius 2 is 1.25 bits per heavy atom. The summed E-state index contributed by atoms with van der Waals surface area (Å²) in [4.78, 5) is 51.6. The molecule has 14 nitrogen and oxygen atoms in total. The highest BCUT2D eigenvalue weighted by Crippen LogP contribution is 2.42. The summed E-state index contributed by atoms with van der Waals surface area (Å²) in [6.07, 6.45) is -0.00611. The van der Waals surface area contributed by atoms with E-state index in [1.807, 2.05) is 45.9 Å². The summed E-state index contributed by atoms with van der Waals surface area (Å²) in [5.41, 5.74) is 1.60. The minimum absolute atomic E-state index is 0.00263. The van der Waals surface area contributed by atoms with Crippen LogP contribution >= 0.6 is 0 Å². The number of fused-ring (bicyclic) bond motifs is 1. The van der Waals surface area contributed by atoms with Crippen molar-refractivity contribution in [3.05, 3.63) is 62.7 Å². The van der Waals surface area contributed by atoms with Gasteiger partial charge in [0, 0.05) is 19.2 Å². The van der Waals surface area contributed by atoms with Crippen LogP contribution in [0.1, 0.15) is 77.8 Å². The number of anilines is 1. The number of nitrogens with zero attached hydrogens (tertiary/aromatic N) is 2. The molecule has 2 aromatic rings. The number of rotatable bonds is 23. The fraction of sp³-hybridized carbons (Fsp3) is 0.559. The van der Waals surface area contributed by atoms with Gasteiger partial charge >= 0.3 is 11.7 Å². The van der Waals surface area contributed by atoms with Crippen LogP contribution in [0.5, 0.6) is 5.75 Å². The molecule has 0 N–H and O–H groups in total. The maximum atomic E-state index is 13.7. The van der Waals surface area contributed by atoms with Crippen molar-refractivity contribution in [1.29, 1.82) is 0 Å². The highest BCUT2D eigenvalue weighted by Gasteiger charge is 2.41. The Morgan fingerprint density at radius 3 is 1.75 bits per heavy atom. The number of hydrogen-bond acceptors (Lipinski definition) is 12. The van der Waals surface area contributed by atoms with E-state index in [9.17, 15) is 24.5 Å². The molecule has 1 aliphatic heterocycles. The number of nitro benzene ring substituents is 1. The van der Waals surface area contributed by atoms with Crippen LogP contribution in [0.2, 0.25) is 0 Å². The van der Waals surface area contributed by atoms with Crippen LogP contribution < -0.4 is 9.64 Å². The molecule has 0 aliphatic carbocycles. The van der Waals surface area contributed by atoms with Crippen LogP contribution in [-0.2, 0) is 33.2 Å². The Morgan fingerprint density at radius 1 is 0.750 bits per heavy atom. The molecule has 0 unspecified atom stereocenters. The highest BCUT2D eigenvalue weighted by atomic mass is 16.6. The highest BCUT2D eigenvalue weighted by molar-refractivity contribution is 6.35. The van der Waals surface area contributed by atoms with Crippen molar-refractivity contribution in [2.24, 2.45) is 0 Å². The number of para-hydroxylation sites is 1. The van der Waals surface area contributed by atoms with Crippen LogP contribution in [-0.4, -0.2) is 102 Å². The number of imide groups is 1. The first kappa shape index (κ1) is 38.5. The molecule has 264 valence electrons. The van der Waals surface area contributed by atoms with E-state index in [1.165, 1.54) is 6.07 Å². The van der Waals surface area contributed by atoms with Crippen LogP contribution in [0.25, 0.3) is 0 Å². The molecule has 1 heterocycles. The molecule has 2 aromatic carbocycles. The molecule has 0 aromatic heterocycles. The van der Waals surface area contributed by atoms with E-state index in [0.29, 0.717) is 58.5 Å². The van der Waals surface area contributed by atoms with Crippen LogP contribution in [0.15, 0.2) is 30.3 Å². The molecule has 0 bridgehead atoms. The molecule has 0 radical (unpaired) electrons. The fourth-order valence-corrected chi connectivity index (χ4v) is 4.93. The standard InChI is InChI=1S/C34H46N2O12/c1-23(2)25-7-6-8-26(24(3)4)32(25)35-33(38)27-21-29(36(40)41)30(22-28(27)34(35)39)47-19-20-48-31(37)9-10-43-13-14-45-17-18-46-16-15-44-12-11-42-5/h6-8,21-24H,9-20H2,1-5H3. The number of ether oxygens (including phenoxy) is 7. The van der Waals surface area contributed by atoms with Gasteiger partial charge in [0.2, 0.25) is 0 Å². The first-order valence-corrected chi connectivity index (χ1v) is 16.0. The number of esters is 1. The van der Waals surface area contributed by atoms with Crippen LogP contribution in [0, 0.1) is 10.1 Å². The Balaban J connectivity index is 1.45. The van der Waals surface area contributed by atoms with Gasteiger partial charge in [0.05, 0.1) is 87.6 Å². The Bertz CT molecular complexity index is 1370. The van der Waals surface area contributed by atoms with Gasteiger partial charge in [-0.3, -0.25) is 24.5 Å². The first-order chi connectivity index (χ1) is 23.1. The number of hydrogen-bond donors (Lipinski definition) is 0. The van der Waals surface area contributed by atoms with Crippen molar-refractivity contribution < 1.29 is 52.5 Å². The second kappa shape index (κ2) is 19.8. The number of benzene rings is 2. The van der Waals surface area contributed by atoms with Gasteiger partial charge in [-0.1, -0.05) is 45.9 Å². The lowest BCUT2D eigenvalue weighted by atomic mass is 9.92. The monoisotopic (exact) mass is 674 g/mol. The van der Waals surface area contributed by atoms with Gasteiger partial charge in [-0.25, -0.2) is 4.90 Å². The summed E-state index contributed by atoms with van der Waals surface area (Å²) in [7, 11) is 1.61. The van der Waals surface area contributed by atoms with Crippen molar-refractivity contribution >= 4 is 29.2 Å². The number of amides is 2. The van der Waals surface area contributed by atoms with Gasteiger partial charge < -0.3 is 33.2 Å². The summed E-state index contributed by atoms with van der Waals surface area (Å²) >= 11 is 0. The van der Waals surface area contributed by atoms with Gasteiger partial charge in [0.1, 0.15) is 13.2 Å². The minimum atomic E-state index is -0.682. The molecule has 0 saturated heterocycles. The van der Waals surface area contributed by atoms with Crippen molar-refractivity contribution in [2.45, 2.75) is 46.0 Å². The lowest BCUT2D eigenvalue weighted by Gasteiger charge is -2.25. The zero-order chi connectivity index (χ0) is 35.1. The van der Waals surface area contributed by atoms with E-state index in [1.54, 1.807) is 7.11 Å². The van der Waals surface area contributed by atoms with Crippen molar-refractivity contribution in [3.8, 4) is 5.75 Å². The Labute approximate surface area is 280 Å². The lowest BCUT2D eigenvalue weighted by molar-refractivity contribution is -0.385. The second-order valence-electron chi connectivity index (χ2n) is 11.4. The largest absolute Gasteiger partial charge is 0.483 e. The average Bonchev–Trinajstić information content (AvgIpc) is 3.30. The van der Waals surface area contributed by atoms with E-state index in [2.05, 4.69) is 0 Å². The Kier molecular flexibility index (Phi) is 15.9. The van der Waals surface area contributed by atoms with Gasteiger partial charge in [0.15, 0.2) is 5.75 Å². The summed E-state index contributed by atoms with van der Waals surface area (Å²) < 4.78 is 37.0. The molecule has 14 heteroatoms. The number of carbonyl (C=O) groups excluding carboxylic acids is 3. The molecule has 1 aliphatic rings. The molecule has 3 rings (SSSR count). The second-order valence-corrected chi connectivity index (χ2v) is 11.4. The van der Waals surface area contributed by atoms with Crippen molar-refractivity contribution in [3.63, 3.8) is 0 Å². The third-order valence-electron chi connectivity index (χ3n) is 7.33. The number of nitro groups is 1. The predicted octanol–water partition coefficient (Wildman–Crippen LogP) is 4.67. The molecule has 0 fully saturated rings. The van der Waals surface area contributed by atoms with E-state index in [4.69, 9.17) is 33.2 Å². The molecule has 2 amide bonds. The molecule has 48 heavy (non-hydrogen) atoms. The zero-order valence-corrected chi connectivity index (χ0v) is 28.3. The van der Waals surface area contributed by atoms with Gasteiger partial charge in [0.25, 0.3) is 11.8 Å². The normalized spacial score (nSPS) is 12.7. The third kappa shape index (κ3) is 10.8. The van der Waals surface area contributed by atoms with Crippen molar-refractivity contribution in [1.82, 2.24) is 0 Å². The molecule has 0 saturated carbocycles.